The van der Waals surface area contributed by atoms with E-state index in [2.05, 4.69) is 4.99 Å². The molecule has 2 heterocycles. The molecule has 0 aromatic heterocycles. The number of amides is 1. The van der Waals surface area contributed by atoms with Gasteiger partial charge in [-0.25, -0.2) is 0 Å². The SMILES string of the molecule is Br.CN1C=NC(/C=C/C(=O)N2CC(CCl)c3c2cc(N)c2ccccc32)([N+](=O)[O-])C1C[N+](C)(C)Cc1ccccc1.[Br-]. The Hall–Kier alpha value is -2.99. The minimum atomic E-state index is -1.80. The molecule has 0 spiro atoms. The first-order chi connectivity index (χ1) is 19.1. The number of halogens is 3. The molecule has 42 heavy (non-hydrogen) atoms. The predicted octanol–water partition coefficient (Wildman–Crippen LogP) is 1.82. The number of hydrogen-bond acceptors (Lipinski definition) is 6. The number of alkyl halides is 1. The molecule has 9 nitrogen and oxygen atoms in total. The summed E-state index contributed by atoms with van der Waals surface area (Å²) in [5.41, 5.74) is 7.92. The molecule has 2 N–H and O–H groups in total. The van der Waals surface area contributed by atoms with E-state index in [1.54, 1.807) is 22.9 Å². The third-order valence-corrected chi connectivity index (χ3v) is 8.34. The number of anilines is 2. The maximum absolute atomic E-state index is 13.6. The summed E-state index contributed by atoms with van der Waals surface area (Å²) in [7, 11) is 5.87. The molecule has 0 saturated carbocycles. The Labute approximate surface area is 271 Å². The first-order valence-corrected chi connectivity index (χ1v) is 13.8. The van der Waals surface area contributed by atoms with Crippen molar-refractivity contribution >= 4 is 63.0 Å². The Morgan fingerprint density at radius 1 is 1.19 bits per heavy atom. The number of carbonyl (C=O) groups is 1. The Bertz CT molecular complexity index is 1520. The van der Waals surface area contributed by atoms with Crippen LogP contribution in [-0.4, -0.2) is 78.4 Å². The van der Waals surface area contributed by atoms with Crippen LogP contribution in [-0.2, 0) is 11.3 Å². The topological polar surface area (TPSA) is 105 Å². The van der Waals surface area contributed by atoms with E-state index in [0.29, 0.717) is 41.4 Å². The summed E-state index contributed by atoms with van der Waals surface area (Å²) in [6.45, 7) is 1.50. The Morgan fingerprint density at radius 2 is 1.83 bits per heavy atom. The normalized spacial score (nSPS) is 21.3. The number of hydrogen-bond donors (Lipinski definition) is 1. The smallest absolute Gasteiger partial charge is 0.359 e. The maximum Gasteiger partial charge on any atom is 0.359 e. The molecule has 2 aliphatic rings. The number of rotatable bonds is 8. The van der Waals surface area contributed by atoms with Crippen LogP contribution in [0, 0.1) is 10.1 Å². The molecule has 3 aromatic carbocycles. The molecule has 0 aliphatic carbocycles. The second kappa shape index (κ2) is 13.1. The molecule has 2 aliphatic heterocycles. The average molecular weight is 723 g/mol. The van der Waals surface area contributed by atoms with Crippen LogP contribution in [0.15, 0.2) is 77.8 Å². The summed E-state index contributed by atoms with van der Waals surface area (Å²) in [4.78, 5) is 33.5. The lowest BCUT2D eigenvalue weighted by atomic mass is 9.95. The minimum absolute atomic E-state index is 0. The van der Waals surface area contributed by atoms with E-state index in [9.17, 15) is 14.9 Å². The summed E-state index contributed by atoms with van der Waals surface area (Å²) in [6, 6.07) is 19.0. The fourth-order valence-corrected chi connectivity index (χ4v) is 6.25. The Kier molecular flexibility index (Phi) is 10.5. The second-order valence-corrected chi connectivity index (χ2v) is 11.6. The van der Waals surface area contributed by atoms with Crippen LogP contribution in [0.25, 0.3) is 10.8 Å². The van der Waals surface area contributed by atoms with Gasteiger partial charge in [-0.15, -0.1) is 28.6 Å². The lowest BCUT2D eigenvalue weighted by Crippen LogP contribution is -3.00. The van der Waals surface area contributed by atoms with Gasteiger partial charge in [-0.05, 0) is 17.0 Å². The highest BCUT2D eigenvalue weighted by Gasteiger charge is 2.56. The van der Waals surface area contributed by atoms with E-state index >= 15 is 0 Å². The van der Waals surface area contributed by atoms with Gasteiger partial charge in [0, 0.05) is 54.2 Å². The van der Waals surface area contributed by atoms with Gasteiger partial charge >= 0.3 is 5.66 Å². The van der Waals surface area contributed by atoms with Gasteiger partial charge < -0.3 is 37.0 Å². The van der Waals surface area contributed by atoms with Gasteiger partial charge in [0.15, 0.2) is 6.04 Å². The number of nitro groups is 1. The summed E-state index contributed by atoms with van der Waals surface area (Å²) in [5, 5.41) is 14.5. The van der Waals surface area contributed by atoms with E-state index < -0.39 is 16.6 Å². The van der Waals surface area contributed by atoms with Gasteiger partial charge in [0.25, 0.3) is 5.91 Å². The van der Waals surface area contributed by atoms with Crippen LogP contribution in [0.3, 0.4) is 0 Å². The van der Waals surface area contributed by atoms with Crippen LogP contribution < -0.4 is 27.6 Å². The van der Waals surface area contributed by atoms with Crippen molar-refractivity contribution in [2.45, 2.75) is 24.2 Å². The van der Waals surface area contributed by atoms with Crippen molar-refractivity contribution in [3.63, 3.8) is 0 Å². The highest BCUT2D eigenvalue weighted by Crippen LogP contribution is 2.44. The molecular formula is C30H35Br2ClN6O3. The quantitative estimate of drug-likeness (QED) is 0.0955. The maximum atomic E-state index is 13.6. The van der Waals surface area contributed by atoms with E-state index in [0.717, 1.165) is 21.9 Å². The van der Waals surface area contributed by atoms with Crippen molar-refractivity contribution in [3.05, 3.63) is 94.1 Å². The van der Waals surface area contributed by atoms with Crippen molar-refractivity contribution < 1.29 is 31.2 Å². The van der Waals surface area contributed by atoms with Crippen LogP contribution in [0.2, 0.25) is 0 Å². The fourth-order valence-electron chi connectivity index (χ4n) is 6.00. The molecule has 12 heteroatoms. The lowest BCUT2D eigenvalue weighted by Gasteiger charge is -2.36. The van der Waals surface area contributed by atoms with E-state index in [-0.39, 0.29) is 45.8 Å². The van der Waals surface area contributed by atoms with Crippen molar-refractivity contribution in [2.75, 3.05) is 50.7 Å². The molecule has 224 valence electrons. The van der Waals surface area contributed by atoms with Gasteiger partial charge in [0.1, 0.15) is 13.1 Å². The highest BCUT2D eigenvalue weighted by atomic mass is 79.9. The Morgan fingerprint density at radius 3 is 2.48 bits per heavy atom. The molecule has 5 rings (SSSR count). The number of likely N-dealkylation sites (N-methyl/N-ethyl adjacent to an activating group) is 2. The predicted molar refractivity (Wildman–Crippen MR) is 171 cm³/mol. The average Bonchev–Trinajstić information content (AvgIpc) is 3.45. The number of nitrogens with zero attached hydrogens (tertiary/aromatic N) is 5. The van der Waals surface area contributed by atoms with Gasteiger partial charge in [-0.3, -0.25) is 14.9 Å². The van der Waals surface area contributed by atoms with Gasteiger partial charge in [-0.1, -0.05) is 54.6 Å². The third-order valence-electron chi connectivity index (χ3n) is 7.96. The number of benzene rings is 3. The highest BCUT2D eigenvalue weighted by molar-refractivity contribution is 8.93. The molecule has 0 saturated heterocycles. The number of carbonyl (C=O) groups excluding carboxylic acids is 1. The molecule has 0 bridgehead atoms. The largest absolute Gasteiger partial charge is 1.00 e. The van der Waals surface area contributed by atoms with Gasteiger partial charge in [-0.2, -0.15) is 4.99 Å². The summed E-state index contributed by atoms with van der Waals surface area (Å²) in [6.07, 6.45) is 4.13. The summed E-state index contributed by atoms with van der Waals surface area (Å²) >= 11 is 6.34. The zero-order valence-electron chi connectivity index (χ0n) is 23.7. The standard InChI is InChI=1S/C30H34ClN6O3.2BrH/c1-34-20-33-30(36(39)40,27(34)19-37(2,3)18-21-9-5-4-6-10-21)14-13-28(38)35-17-22(16-31)29-24-12-8-7-11-23(24)25(32)15-26(29)35;;/h4-15,20,22,27H,16-19,32H2,1-3H3;2*1H/q+1;;/p-1/b14-13+;;. The zero-order valence-corrected chi connectivity index (χ0v) is 27.7. The van der Waals surface area contributed by atoms with Crippen molar-refractivity contribution in [2.24, 2.45) is 4.99 Å². The first-order valence-electron chi connectivity index (χ1n) is 13.2. The molecule has 3 unspecified atom stereocenters. The fraction of sp³-hybridized carbons (Fsp3) is 0.333. The van der Waals surface area contributed by atoms with E-state index in [1.165, 1.54) is 18.5 Å². The number of nitrogen functional groups attached to an aromatic ring is 1. The molecule has 0 fully saturated rings. The lowest BCUT2D eigenvalue weighted by molar-refractivity contribution is -0.907. The molecule has 0 radical (unpaired) electrons. The van der Waals surface area contributed by atoms with Crippen molar-refractivity contribution in [1.29, 1.82) is 0 Å². The minimum Gasteiger partial charge on any atom is -1.00 e. The van der Waals surface area contributed by atoms with E-state index in [4.69, 9.17) is 17.3 Å². The third kappa shape index (κ3) is 6.20. The van der Waals surface area contributed by atoms with Crippen molar-refractivity contribution in [1.82, 2.24) is 4.90 Å². The van der Waals surface area contributed by atoms with Crippen LogP contribution in [0.4, 0.5) is 11.4 Å². The number of quaternary nitrogens is 1. The van der Waals surface area contributed by atoms with Crippen LogP contribution in [0.1, 0.15) is 17.0 Å². The van der Waals surface area contributed by atoms with Gasteiger partial charge in [0.2, 0.25) is 0 Å². The summed E-state index contributed by atoms with van der Waals surface area (Å²) < 4.78 is 0.503. The number of aliphatic imine (C=N–C) groups is 1. The number of nitrogens with two attached hydrogens (primary N) is 1. The Balaban J connectivity index is 0.00000242. The second-order valence-electron chi connectivity index (χ2n) is 11.3. The molecule has 3 aromatic rings. The molecule has 3 atom stereocenters. The van der Waals surface area contributed by atoms with E-state index in [1.807, 2.05) is 68.7 Å². The first kappa shape index (κ1) is 33.5. The van der Waals surface area contributed by atoms with Crippen LogP contribution >= 0.6 is 28.6 Å². The zero-order chi connectivity index (χ0) is 28.7. The monoisotopic (exact) mass is 720 g/mol. The molecule has 1 amide bonds. The van der Waals surface area contributed by atoms with Crippen molar-refractivity contribution in [3.8, 4) is 0 Å². The number of fused-ring (bicyclic) bond motifs is 3. The molecular weight excluding hydrogens is 688 g/mol. The van der Waals surface area contributed by atoms with Gasteiger partial charge in [0.05, 0.1) is 31.0 Å². The summed E-state index contributed by atoms with van der Waals surface area (Å²) in [5.74, 6) is -0.117. The van der Waals surface area contributed by atoms with Crippen LogP contribution in [0.5, 0.6) is 0 Å².